The van der Waals surface area contributed by atoms with E-state index in [0.717, 1.165) is 36.7 Å². The molecule has 1 aliphatic carbocycles. The monoisotopic (exact) mass is 488 g/mol. The van der Waals surface area contributed by atoms with Crippen molar-refractivity contribution >= 4 is 17.3 Å². The third-order valence-electron chi connectivity index (χ3n) is 7.72. The Bertz CT molecular complexity index is 1170. The van der Waals surface area contributed by atoms with Gasteiger partial charge in [0.2, 0.25) is 5.78 Å². The van der Waals surface area contributed by atoms with Gasteiger partial charge in [0.05, 0.1) is 0 Å². The van der Waals surface area contributed by atoms with E-state index >= 15 is 0 Å². The van der Waals surface area contributed by atoms with Gasteiger partial charge in [0, 0.05) is 18.5 Å². The van der Waals surface area contributed by atoms with Gasteiger partial charge < -0.3 is 19.7 Å². The van der Waals surface area contributed by atoms with E-state index in [2.05, 4.69) is 41.4 Å². The van der Waals surface area contributed by atoms with Crippen molar-refractivity contribution in [1.82, 2.24) is 10.2 Å². The minimum atomic E-state index is -0.459. The third-order valence-corrected chi connectivity index (χ3v) is 7.72. The summed E-state index contributed by atoms with van der Waals surface area (Å²) < 4.78 is 11.4. The SMILES string of the molecule is CC=C(C)c1ccc2c(c1)CC(C(=O)C(=O)NC(Cc1ccc3c(c1)OCCO3)CN1CCCC1)C2. The van der Waals surface area contributed by atoms with E-state index in [9.17, 15) is 9.59 Å². The summed E-state index contributed by atoms with van der Waals surface area (Å²) >= 11 is 0. The van der Waals surface area contributed by atoms with Gasteiger partial charge in [-0.3, -0.25) is 9.59 Å². The maximum absolute atomic E-state index is 13.2. The second kappa shape index (κ2) is 10.9. The lowest BCUT2D eigenvalue weighted by Gasteiger charge is -2.25. The lowest BCUT2D eigenvalue weighted by Crippen LogP contribution is -2.48. The Morgan fingerprint density at radius 3 is 2.56 bits per heavy atom. The molecule has 2 aromatic rings. The number of hydrogen-bond donors (Lipinski definition) is 1. The first-order valence-corrected chi connectivity index (χ1v) is 13.2. The minimum Gasteiger partial charge on any atom is -0.486 e. The Hall–Kier alpha value is -3.12. The molecule has 5 rings (SSSR count). The van der Waals surface area contributed by atoms with Crippen molar-refractivity contribution in [1.29, 1.82) is 0 Å². The zero-order valence-electron chi connectivity index (χ0n) is 21.3. The number of Topliss-reactive ketones (excluding diaryl/α,β-unsaturated/α-hetero) is 1. The van der Waals surface area contributed by atoms with Crippen molar-refractivity contribution in [3.63, 3.8) is 0 Å². The van der Waals surface area contributed by atoms with Gasteiger partial charge in [0.1, 0.15) is 13.2 Å². The predicted molar refractivity (Wildman–Crippen MR) is 140 cm³/mol. The number of rotatable bonds is 8. The molecular weight excluding hydrogens is 452 g/mol. The molecule has 3 aliphatic rings. The summed E-state index contributed by atoms with van der Waals surface area (Å²) in [6, 6.07) is 12.2. The maximum atomic E-state index is 13.2. The lowest BCUT2D eigenvalue weighted by molar-refractivity contribution is -0.140. The summed E-state index contributed by atoms with van der Waals surface area (Å²) in [4.78, 5) is 28.8. The number of nitrogens with zero attached hydrogens (tertiary/aromatic N) is 1. The van der Waals surface area contributed by atoms with Crippen LogP contribution in [0, 0.1) is 5.92 Å². The molecule has 2 aliphatic heterocycles. The van der Waals surface area contributed by atoms with Gasteiger partial charge in [0.25, 0.3) is 5.91 Å². The highest BCUT2D eigenvalue weighted by molar-refractivity contribution is 6.37. The molecule has 0 aromatic heterocycles. The van der Waals surface area contributed by atoms with Crippen molar-refractivity contribution in [2.75, 3.05) is 32.8 Å². The molecule has 0 spiro atoms. The Morgan fingerprint density at radius 2 is 1.78 bits per heavy atom. The number of benzene rings is 2. The minimum absolute atomic E-state index is 0.144. The topological polar surface area (TPSA) is 67.9 Å². The first-order chi connectivity index (χ1) is 17.5. The van der Waals surface area contributed by atoms with Crippen molar-refractivity contribution in [2.24, 2.45) is 5.92 Å². The number of ether oxygens (including phenoxy) is 2. The number of fused-ring (bicyclic) bond motifs is 2. The number of nitrogens with one attached hydrogen (secondary N) is 1. The summed E-state index contributed by atoms with van der Waals surface area (Å²) in [6.07, 6.45) is 6.36. The van der Waals surface area contributed by atoms with E-state index in [1.807, 2.05) is 25.1 Å². The number of ketones is 1. The highest BCUT2D eigenvalue weighted by Crippen LogP contribution is 2.32. The smallest absolute Gasteiger partial charge is 0.287 e. The van der Waals surface area contributed by atoms with Crippen molar-refractivity contribution in [3.8, 4) is 11.5 Å². The summed E-state index contributed by atoms with van der Waals surface area (Å²) in [5, 5.41) is 3.10. The average Bonchev–Trinajstić information content (AvgIpc) is 3.57. The lowest BCUT2D eigenvalue weighted by atomic mass is 9.99. The van der Waals surface area contributed by atoms with E-state index in [1.54, 1.807) is 0 Å². The predicted octanol–water partition coefficient (Wildman–Crippen LogP) is 3.99. The molecule has 0 saturated carbocycles. The molecule has 2 aromatic carbocycles. The normalized spacial score (nSPS) is 20.2. The van der Waals surface area contributed by atoms with E-state index in [1.165, 1.54) is 35.1 Å². The van der Waals surface area contributed by atoms with Crippen LogP contribution in [-0.2, 0) is 28.9 Å². The second-order valence-corrected chi connectivity index (χ2v) is 10.3. The van der Waals surface area contributed by atoms with Gasteiger partial charge in [-0.25, -0.2) is 0 Å². The summed E-state index contributed by atoms with van der Waals surface area (Å²) in [6.45, 7) is 8.03. The van der Waals surface area contributed by atoms with E-state index in [4.69, 9.17) is 9.47 Å². The summed E-state index contributed by atoms with van der Waals surface area (Å²) in [7, 11) is 0. The van der Waals surface area contributed by atoms with Crippen LogP contribution in [0.4, 0.5) is 0 Å². The van der Waals surface area contributed by atoms with Crippen LogP contribution >= 0.6 is 0 Å². The molecule has 0 radical (unpaired) electrons. The number of carbonyl (C=O) groups is 2. The van der Waals surface area contributed by atoms with Crippen molar-refractivity contribution in [2.45, 2.75) is 52.0 Å². The van der Waals surface area contributed by atoms with Crippen molar-refractivity contribution in [3.05, 3.63) is 64.7 Å². The van der Waals surface area contributed by atoms with Crippen LogP contribution in [0.1, 0.15) is 48.9 Å². The molecule has 6 nitrogen and oxygen atoms in total. The van der Waals surface area contributed by atoms with Gasteiger partial charge in [-0.1, -0.05) is 30.3 Å². The van der Waals surface area contributed by atoms with Crippen LogP contribution in [0.15, 0.2) is 42.5 Å². The molecule has 2 unspecified atom stereocenters. The molecule has 6 heteroatoms. The largest absolute Gasteiger partial charge is 0.486 e. The Labute approximate surface area is 213 Å². The molecule has 1 saturated heterocycles. The van der Waals surface area contributed by atoms with Gasteiger partial charge in [-0.05, 0) is 99.0 Å². The number of carbonyl (C=O) groups excluding carboxylic acids is 2. The maximum Gasteiger partial charge on any atom is 0.287 e. The van der Waals surface area contributed by atoms with E-state index in [0.29, 0.717) is 32.5 Å². The summed E-state index contributed by atoms with van der Waals surface area (Å²) in [5.41, 5.74) is 5.83. The van der Waals surface area contributed by atoms with Crippen LogP contribution < -0.4 is 14.8 Å². The second-order valence-electron chi connectivity index (χ2n) is 10.3. The first kappa shape index (κ1) is 24.6. The van der Waals surface area contributed by atoms with Crippen LogP contribution in [0.2, 0.25) is 0 Å². The van der Waals surface area contributed by atoms with Crippen LogP contribution in [0.3, 0.4) is 0 Å². The molecule has 2 atom stereocenters. The molecule has 0 bridgehead atoms. The number of allylic oxidation sites excluding steroid dienone is 2. The zero-order chi connectivity index (χ0) is 25.1. The Morgan fingerprint density at radius 1 is 1.03 bits per heavy atom. The molecule has 1 amide bonds. The molecule has 2 heterocycles. The molecular formula is C30H36N2O4. The number of hydrogen-bond acceptors (Lipinski definition) is 5. The fraction of sp³-hybridized carbons (Fsp3) is 0.467. The highest BCUT2D eigenvalue weighted by Gasteiger charge is 2.33. The Balaban J connectivity index is 1.26. The van der Waals surface area contributed by atoms with E-state index in [-0.39, 0.29) is 17.7 Å². The van der Waals surface area contributed by atoms with Gasteiger partial charge in [-0.2, -0.15) is 0 Å². The summed E-state index contributed by atoms with van der Waals surface area (Å²) in [5.74, 6) is 0.456. The van der Waals surface area contributed by atoms with Crippen molar-refractivity contribution < 1.29 is 19.1 Å². The van der Waals surface area contributed by atoms with E-state index < -0.39 is 5.91 Å². The van der Waals surface area contributed by atoms with Crippen LogP contribution in [0.5, 0.6) is 11.5 Å². The number of likely N-dealkylation sites (tertiary alicyclic amines) is 1. The van der Waals surface area contributed by atoms with Gasteiger partial charge >= 0.3 is 0 Å². The standard InChI is InChI=1S/C30H36N2O4/c1-3-20(2)22-7-8-23-17-25(18-24(23)16-22)29(33)30(34)31-26(19-32-10-4-5-11-32)14-21-6-9-27-28(15-21)36-13-12-35-27/h3,6-9,15-16,25-26H,4-5,10-14,17-19H2,1-2H3,(H,31,34). The van der Waals surface area contributed by atoms with Gasteiger partial charge in [-0.15, -0.1) is 0 Å². The zero-order valence-corrected chi connectivity index (χ0v) is 21.3. The van der Waals surface area contributed by atoms with Crippen LogP contribution in [0.25, 0.3) is 5.57 Å². The van der Waals surface area contributed by atoms with Crippen LogP contribution in [-0.4, -0.2) is 55.5 Å². The highest BCUT2D eigenvalue weighted by atomic mass is 16.6. The molecule has 36 heavy (non-hydrogen) atoms. The van der Waals surface area contributed by atoms with Gasteiger partial charge in [0.15, 0.2) is 11.5 Å². The Kier molecular flexibility index (Phi) is 7.42. The fourth-order valence-corrected chi connectivity index (χ4v) is 5.59. The third kappa shape index (κ3) is 5.49. The molecule has 1 N–H and O–H groups in total. The average molecular weight is 489 g/mol. The first-order valence-electron chi connectivity index (χ1n) is 13.2. The molecule has 190 valence electrons. The quantitative estimate of drug-likeness (QED) is 0.569. The number of amides is 1. The molecule has 1 fully saturated rings. The fourth-order valence-electron chi connectivity index (χ4n) is 5.59.